The molecule has 0 radical (unpaired) electrons. The number of hydrogen-bond donors (Lipinski definition) is 1. The van der Waals surface area contributed by atoms with Crippen molar-refractivity contribution in [1.82, 2.24) is 10.3 Å². The largest absolute Gasteiger partial charge is 0.382 e. The maximum atomic E-state index is 12.5. The SMILES string of the molecule is COCC(CNC(=O)c1ccc(F)nc1)OC. The first kappa shape index (κ1) is 13.5. The zero-order valence-corrected chi connectivity index (χ0v) is 9.77. The molecule has 1 aromatic heterocycles. The van der Waals surface area contributed by atoms with Crippen molar-refractivity contribution in [2.45, 2.75) is 6.10 Å². The zero-order chi connectivity index (χ0) is 12.7. The quantitative estimate of drug-likeness (QED) is 0.742. The summed E-state index contributed by atoms with van der Waals surface area (Å²) in [7, 11) is 3.09. The van der Waals surface area contributed by atoms with Crippen LogP contribution in [0.15, 0.2) is 18.3 Å². The second kappa shape index (κ2) is 6.93. The fourth-order valence-corrected chi connectivity index (χ4v) is 1.21. The minimum atomic E-state index is -0.615. The number of nitrogens with one attached hydrogen (secondary N) is 1. The molecule has 0 bridgehead atoms. The molecule has 0 aliphatic heterocycles. The van der Waals surface area contributed by atoms with Crippen LogP contribution >= 0.6 is 0 Å². The summed E-state index contributed by atoms with van der Waals surface area (Å²) >= 11 is 0. The molecule has 5 nitrogen and oxygen atoms in total. The predicted molar refractivity (Wildman–Crippen MR) is 59.2 cm³/mol. The van der Waals surface area contributed by atoms with E-state index < -0.39 is 5.95 Å². The first-order valence-corrected chi connectivity index (χ1v) is 5.09. The lowest BCUT2D eigenvalue weighted by molar-refractivity contribution is 0.0285. The Morgan fingerprint density at radius 3 is 2.82 bits per heavy atom. The van der Waals surface area contributed by atoms with E-state index in [9.17, 15) is 9.18 Å². The summed E-state index contributed by atoms with van der Waals surface area (Å²) in [6, 6.07) is 2.51. The number of halogens is 1. The van der Waals surface area contributed by atoms with Crippen molar-refractivity contribution in [3.05, 3.63) is 29.8 Å². The van der Waals surface area contributed by atoms with E-state index in [4.69, 9.17) is 9.47 Å². The smallest absolute Gasteiger partial charge is 0.252 e. The summed E-state index contributed by atoms with van der Waals surface area (Å²) in [5, 5.41) is 2.65. The third-order valence-corrected chi connectivity index (χ3v) is 2.17. The van der Waals surface area contributed by atoms with E-state index in [1.807, 2.05) is 0 Å². The number of carbonyl (C=O) groups excluding carboxylic acids is 1. The Hall–Kier alpha value is -1.53. The lowest BCUT2D eigenvalue weighted by atomic mass is 10.2. The van der Waals surface area contributed by atoms with Crippen LogP contribution in [-0.2, 0) is 9.47 Å². The minimum Gasteiger partial charge on any atom is -0.382 e. The van der Waals surface area contributed by atoms with E-state index >= 15 is 0 Å². The molecule has 0 fully saturated rings. The Kier molecular flexibility index (Phi) is 5.51. The van der Waals surface area contributed by atoms with Gasteiger partial charge in [-0.15, -0.1) is 0 Å². The molecule has 1 heterocycles. The highest BCUT2D eigenvalue weighted by Crippen LogP contribution is 1.99. The molecule has 1 unspecified atom stereocenters. The van der Waals surface area contributed by atoms with Gasteiger partial charge in [0.2, 0.25) is 5.95 Å². The molecule has 1 amide bonds. The number of pyridine rings is 1. The average molecular weight is 242 g/mol. The van der Waals surface area contributed by atoms with Crippen molar-refractivity contribution in [2.75, 3.05) is 27.4 Å². The van der Waals surface area contributed by atoms with Gasteiger partial charge < -0.3 is 14.8 Å². The average Bonchev–Trinajstić information content (AvgIpc) is 2.35. The summed E-state index contributed by atoms with van der Waals surface area (Å²) in [4.78, 5) is 15.0. The lowest BCUT2D eigenvalue weighted by Gasteiger charge is -2.14. The van der Waals surface area contributed by atoms with Crippen LogP contribution in [0.2, 0.25) is 0 Å². The van der Waals surface area contributed by atoms with Gasteiger partial charge in [0.1, 0.15) is 0 Å². The number of hydrogen-bond acceptors (Lipinski definition) is 4. The molecular formula is C11H15FN2O3. The maximum Gasteiger partial charge on any atom is 0.252 e. The maximum absolute atomic E-state index is 12.5. The number of carbonyl (C=O) groups is 1. The minimum absolute atomic E-state index is 0.211. The molecule has 0 spiro atoms. The fourth-order valence-electron chi connectivity index (χ4n) is 1.21. The van der Waals surface area contributed by atoms with Gasteiger partial charge in [0.25, 0.3) is 5.91 Å². The standard InChI is InChI=1S/C11H15FN2O3/c1-16-7-9(17-2)6-14-11(15)8-3-4-10(12)13-5-8/h3-5,9H,6-7H2,1-2H3,(H,14,15). The van der Waals surface area contributed by atoms with Gasteiger partial charge in [-0.25, -0.2) is 4.98 Å². The monoisotopic (exact) mass is 242 g/mol. The van der Waals surface area contributed by atoms with Gasteiger partial charge in [0.05, 0.1) is 18.3 Å². The van der Waals surface area contributed by atoms with E-state index in [2.05, 4.69) is 10.3 Å². The fraction of sp³-hybridized carbons (Fsp3) is 0.455. The second-order valence-electron chi connectivity index (χ2n) is 3.39. The summed E-state index contributed by atoms with van der Waals surface area (Å²) in [6.07, 6.45) is 0.973. The van der Waals surface area contributed by atoms with Crippen LogP contribution in [0, 0.1) is 5.95 Å². The molecule has 0 aliphatic carbocycles. The molecule has 0 saturated heterocycles. The highest BCUT2D eigenvalue weighted by Gasteiger charge is 2.10. The number of rotatable bonds is 6. The zero-order valence-electron chi connectivity index (χ0n) is 9.77. The Labute approximate surface area is 98.9 Å². The van der Waals surface area contributed by atoms with E-state index in [0.717, 1.165) is 6.07 Å². The van der Waals surface area contributed by atoms with E-state index in [-0.39, 0.29) is 12.0 Å². The van der Waals surface area contributed by atoms with Crippen molar-refractivity contribution in [2.24, 2.45) is 0 Å². The summed E-state index contributed by atoms with van der Waals surface area (Å²) in [5.41, 5.74) is 0.304. The molecule has 6 heteroatoms. The van der Waals surface area contributed by atoms with Crippen LogP contribution in [0.3, 0.4) is 0 Å². The van der Waals surface area contributed by atoms with Gasteiger partial charge in [-0.1, -0.05) is 0 Å². The summed E-state index contributed by atoms with van der Waals surface area (Å²) in [5.74, 6) is -0.939. The third kappa shape index (κ3) is 4.46. The van der Waals surface area contributed by atoms with Crippen LogP contribution in [-0.4, -0.2) is 44.4 Å². The number of ether oxygens (including phenoxy) is 2. The lowest BCUT2D eigenvalue weighted by Crippen LogP contribution is -2.35. The molecule has 1 atom stereocenters. The van der Waals surface area contributed by atoms with Gasteiger partial charge in [-0.05, 0) is 12.1 Å². The molecule has 1 rings (SSSR count). The first-order valence-electron chi connectivity index (χ1n) is 5.09. The second-order valence-corrected chi connectivity index (χ2v) is 3.39. The van der Waals surface area contributed by atoms with Crippen molar-refractivity contribution in [1.29, 1.82) is 0 Å². The van der Waals surface area contributed by atoms with E-state index in [1.165, 1.54) is 19.4 Å². The van der Waals surface area contributed by atoms with Gasteiger partial charge in [0, 0.05) is 27.0 Å². The first-order chi connectivity index (χ1) is 8.17. The highest BCUT2D eigenvalue weighted by atomic mass is 19.1. The van der Waals surface area contributed by atoms with Crippen molar-refractivity contribution < 1.29 is 18.7 Å². The van der Waals surface area contributed by atoms with E-state index in [0.29, 0.717) is 18.7 Å². The summed E-state index contributed by atoms with van der Waals surface area (Å²) in [6.45, 7) is 0.707. The number of methoxy groups -OCH3 is 2. The summed E-state index contributed by atoms with van der Waals surface area (Å²) < 4.78 is 22.5. The van der Waals surface area contributed by atoms with Gasteiger partial charge in [-0.2, -0.15) is 4.39 Å². The molecule has 0 aliphatic rings. The van der Waals surface area contributed by atoms with Crippen molar-refractivity contribution in [3.63, 3.8) is 0 Å². The van der Waals surface area contributed by atoms with Gasteiger partial charge in [0.15, 0.2) is 0 Å². The Morgan fingerprint density at radius 2 is 2.29 bits per heavy atom. The van der Waals surface area contributed by atoms with Crippen molar-refractivity contribution in [3.8, 4) is 0 Å². The molecule has 17 heavy (non-hydrogen) atoms. The molecule has 0 aromatic carbocycles. The number of aromatic nitrogens is 1. The van der Waals surface area contributed by atoms with E-state index in [1.54, 1.807) is 7.11 Å². The Balaban J connectivity index is 2.46. The van der Waals surface area contributed by atoms with Crippen LogP contribution in [0.5, 0.6) is 0 Å². The van der Waals surface area contributed by atoms with Crippen LogP contribution in [0.25, 0.3) is 0 Å². The number of amides is 1. The third-order valence-electron chi connectivity index (χ3n) is 2.17. The van der Waals surface area contributed by atoms with Gasteiger partial charge >= 0.3 is 0 Å². The highest BCUT2D eigenvalue weighted by molar-refractivity contribution is 5.93. The molecule has 94 valence electrons. The van der Waals surface area contributed by atoms with Crippen molar-refractivity contribution >= 4 is 5.91 Å². The molecule has 0 saturated carbocycles. The van der Waals surface area contributed by atoms with Gasteiger partial charge in [-0.3, -0.25) is 4.79 Å². The molecule has 1 aromatic rings. The number of nitrogens with zero attached hydrogens (tertiary/aromatic N) is 1. The van der Waals surface area contributed by atoms with Crippen LogP contribution in [0.4, 0.5) is 4.39 Å². The molecular weight excluding hydrogens is 227 g/mol. The molecule has 1 N–H and O–H groups in total. The Bertz CT molecular complexity index is 356. The predicted octanol–water partition coefficient (Wildman–Crippen LogP) is 0.612. The van der Waals surface area contributed by atoms with Crippen LogP contribution in [0.1, 0.15) is 10.4 Å². The topological polar surface area (TPSA) is 60.5 Å². The Morgan fingerprint density at radius 1 is 1.53 bits per heavy atom. The van der Waals surface area contributed by atoms with Crippen LogP contribution < -0.4 is 5.32 Å². The normalized spacial score (nSPS) is 12.2.